The summed E-state index contributed by atoms with van der Waals surface area (Å²) in [6.45, 7) is 6.96. The third kappa shape index (κ3) is 4.77. The first-order valence-corrected chi connectivity index (χ1v) is 8.21. The molecular formula is C14H22N4O2S. The molecule has 0 bridgehead atoms. The summed E-state index contributed by atoms with van der Waals surface area (Å²) >= 11 is 1.51. The molecule has 0 saturated carbocycles. The minimum Gasteiger partial charge on any atom is -0.444 e. The first-order valence-electron chi connectivity index (χ1n) is 6.99. The fourth-order valence-electron chi connectivity index (χ4n) is 2.10. The van der Waals surface area contributed by atoms with Crippen LogP contribution in [0.25, 0.3) is 0 Å². The minimum atomic E-state index is -0.456. The lowest BCUT2D eigenvalue weighted by Gasteiger charge is -2.24. The van der Waals surface area contributed by atoms with Crippen LogP contribution in [0.15, 0.2) is 17.4 Å². The second-order valence-electron chi connectivity index (χ2n) is 5.98. The van der Waals surface area contributed by atoms with Crippen LogP contribution >= 0.6 is 11.8 Å². The SMILES string of the molecule is CSc1nccc(N[C@H]2CCN(C(=O)OC(C)(C)C)C2)n1. The van der Waals surface area contributed by atoms with E-state index in [2.05, 4.69) is 15.3 Å². The van der Waals surface area contributed by atoms with Crippen LogP contribution in [0.5, 0.6) is 0 Å². The molecule has 1 saturated heterocycles. The average Bonchev–Trinajstić information content (AvgIpc) is 2.85. The number of carbonyl (C=O) groups is 1. The molecule has 0 radical (unpaired) electrons. The van der Waals surface area contributed by atoms with Gasteiger partial charge in [0.25, 0.3) is 0 Å². The van der Waals surface area contributed by atoms with Gasteiger partial charge >= 0.3 is 6.09 Å². The molecule has 1 amide bonds. The number of hydrogen-bond donors (Lipinski definition) is 1. The highest BCUT2D eigenvalue weighted by Crippen LogP contribution is 2.18. The number of thioether (sulfide) groups is 1. The van der Waals surface area contributed by atoms with Gasteiger partial charge in [0.05, 0.1) is 0 Å². The van der Waals surface area contributed by atoms with E-state index in [1.165, 1.54) is 11.8 Å². The van der Waals surface area contributed by atoms with Gasteiger partial charge in [-0.2, -0.15) is 0 Å². The number of hydrogen-bond acceptors (Lipinski definition) is 6. The Labute approximate surface area is 129 Å². The molecule has 6 nitrogen and oxygen atoms in total. The fourth-order valence-corrected chi connectivity index (χ4v) is 2.45. The molecule has 21 heavy (non-hydrogen) atoms. The van der Waals surface area contributed by atoms with Crippen molar-refractivity contribution in [3.63, 3.8) is 0 Å². The van der Waals surface area contributed by atoms with Crippen molar-refractivity contribution in [2.45, 2.75) is 44.0 Å². The van der Waals surface area contributed by atoms with Crippen LogP contribution in [0, 0.1) is 0 Å². The number of anilines is 1. The van der Waals surface area contributed by atoms with Gasteiger partial charge in [-0.05, 0) is 39.5 Å². The molecule has 0 spiro atoms. The number of carbonyl (C=O) groups excluding carboxylic acids is 1. The van der Waals surface area contributed by atoms with E-state index in [9.17, 15) is 4.79 Å². The fraction of sp³-hybridized carbons (Fsp3) is 0.643. The van der Waals surface area contributed by atoms with Crippen molar-refractivity contribution >= 4 is 23.7 Å². The maximum atomic E-state index is 12.0. The number of nitrogens with zero attached hydrogens (tertiary/aromatic N) is 3. The van der Waals surface area contributed by atoms with E-state index in [4.69, 9.17) is 4.74 Å². The van der Waals surface area contributed by atoms with Crippen LogP contribution < -0.4 is 5.32 Å². The van der Waals surface area contributed by atoms with Gasteiger partial charge in [-0.1, -0.05) is 11.8 Å². The monoisotopic (exact) mass is 310 g/mol. The van der Waals surface area contributed by atoms with Gasteiger partial charge in [0.2, 0.25) is 0 Å². The number of likely N-dealkylation sites (tertiary alicyclic amines) is 1. The lowest BCUT2D eigenvalue weighted by Crippen LogP contribution is -2.36. The number of aromatic nitrogens is 2. The van der Waals surface area contributed by atoms with Gasteiger partial charge in [0.15, 0.2) is 5.16 Å². The van der Waals surface area contributed by atoms with Crippen molar-refractivity contribution in [3.8, 4) is 0 Å². The van der Waals surface area contributed by atoms with Crippen LogP contribution in [0.4, 0.5) is 10.6 Å². The third-order valence-electron chi connectivity index (χ3n) is 3.01. The highest BCUT2D eigenvalue weighted by Gasteiger charge is 2.29. The summed E-state index contributed by atoms with van der Waals surface area (Å²) in [6, 6.07) is 2.04. The molecule has 0 aromatic carbocycles. The van der Waals surface area contributed by atoms with Crippen molar-refractivity contribution in [2.75, 3.05) is 24.7 Å². The van der Waals surface area contributed by atoms with Crippen molar-refractivity contribution < 1.29 is 9.53 Å². The van der Waals surface area contributed by atoms with Crippen molar-refractivity contribution in [3.05, 3.63) is 12.3 Å². The molecule has 116 valence electrons. The first-order chi connectivity index (χ1) is 9.87. The Balaban J connectivity index is 1.89. The Hall–Kier alpha value is -1.50. The molecular weight excluding hydrogens is 288 g/mol. The Kier molecular flexibility index (Phi) is 4.92. The first kappa shape index (κ1) is 15.9. The molecule has 1 aromatic heterocycles. The Morgan fingerprint density at radius 3 is 2.95 bits per heavy atom. The molecule has 1 aliphatic rings. The molecule has 2 rings (SSSR count). The van der Waals surface area contributed by atoms with Crippen LogP contribution in [0.2, 0.25) is 0 Å². The Morgan fingerprint density at radius 1 is 1.52 bits per heavy atom. The number of rotatable bonds is 3. The Bertz CT molecular complexity index is 504. The van der Waals surface area contributed by atoms with Gasteiger partial charge < -0.3 is 15.0 Å². The van der Waals surface area contributed by atoms with E-state index in [-0.39, 0.29) is 12.1 Å². The molecule has 1 atom stereocenters. The summed E-state index contributed by atoms with van der Waals surface area (Å²) in [6.07, 6.45) is 4.32. The highest BCUT2D eigenvalue weighted by molar-refractivity contribution is 7.98. The van der Waals surface area contributed by atoms with Gasteiger partial charge in [0.1, 0.15) is 11.4 Å². The van der Waals surface area contributed by atoms with Crippen LogP contribution in [0.3, 0.4) is 0 Å². The minimum absolute atomic E-state index is 0.196. The normalized spacial score (nSPS) is 18.7. The summed E-state index contributed by atoms with van der Waals surface area (Å²) in [7, 11) is 0. The van der Waals surface area contributed by atoms with E-state index in [0.717, 1.165) is 17.4 Å². The van der Waals surface area contributed by atoms with Crippen molar-refractivity contribution in [2.24, 2.45) is 0 Å². The topological polar surface area (TPSA) is 67.4 Å². The van der Waals surface area contributed by atoms with Crippen LogP contribution in [-0.4, -0.2) is 51.9 Å². The zero-order chi connectivity index (χ0) is 15.5. The zero-order valence-corrected chi connectivity index (χ0v) is 13.7. The predicted octanol–water partition coefficient (Wildman–Crippen LogP) is 2.62. The van der Waals surface area contributed by atoms with E-state index in [1.807, 2.05) is 33.1 Å². The molecule has 1 N–H and O–H groups in total. The maximum Gasteiger partial charge on any atom is 0.410 e. The molecule has 2 heterocycles. The summed E-state index contributed by atoms with van der Waals surface area (Å²) in [4.78, 5) is 22.3. The summed E-state index contributed by atoms with van der Waals surface area (Å²) in [5, 5.41) is 4.09. The molecule has 1 fully saturated rings. The molecule has 1 aromatic rings. The van der Waals surface area contributed by atoms with E-state index in [0.29, 0.717) is 13.1 Å². The standard InChI is InChI=1S/C14H22N4O2S/c1-14(2,3)20-13(19)18-8-6-10(9-18)16-11-5-7-15-12(17-11)21-4/h5,7,10H,6,8-9H2,1-4H3,(H,15,16,17)/t10-/m0/s1. The van der Waals surface area contributed by atoms with Crippen molar-refractivity contribution in [1.29, 1.82) is 0 Å². The quantitative estimate of drug-likeness (QED) is 0.684. The van der Waals surface area contributed by atoms with E-state index < -0.39 is 5.60 Å². The van der Waals surface area contributed by atoms with Gasteiger partial charge in [-0.25, -0.2) is 14.8 Å². The van der Waals surface area contributed by atoms with E-state index >= 15 is 0 Å². The summed E-state index contributed by atoms with van der Waals surface area (Å²) < 4.78 is 5.39. The molecule has 0 aliphatic carbocycles. The smallest absolute Gasteiger partial charge is 0.410 e. The van der Waals surface area contributed by atoms with Crippen LogP contribution in [-0.2, 0) is 4.74 Å². The van der Waals surface area contributed by atoms with Gasteiger partial charge in [0, 0.05) is 25.3 Å². The highest BCUT2D eigenvalue weighted by atomic mass is 32.2. The number of ether oxygens (including phenoxy) is 1. The lowest BCUT2D eigenvalue weighted by atomic mass is 10.2. The second kappa shape index (κ2) is 6.51. The number of nitrogens with one attached hydrogen (secondary N) is 1. The Morgan fingerprint density at radius 2 is 2.29 bits per heavy atom. The van der Waals surface area contributed by atoms with E-state index in [1.54, 1.807) is 11.1 Å². The molecule has 0 unspecified atom stereocenters. The predicted molar refractivity (Wildman–Crippen MR) is 83.6 cm³/mol. The summed E-state index contributed by atoms with van der Waals surface area (Å²) in [5.41, 5.74) is -0.456. The summed E-state index contributed by atoms with van der Waals surface area (Å²) in [5.74, 6) is 0.797. The zero-order valence-electron chi connectivity index (χ0n) is 12.9. The lowest BCUT2D eigenvalue weighted by molar-refractivity contribution is 0.0293. The molecule has 1 aliphatic heterocycles. The van der Waals surface area contributed by atoms with Crippen LogP contribution in [0.1, 0.15) is 27.2 Å². The van der Waals surface area contributed by atoms with Gasteiger partial charge in [-0.3, -0.25) is 0 Å². The third-order valence-corrected chi connectivity index (χ3v) is 3.57. The van der Waals surface area contributed by atoms with Gasteiger partial charge in [-0.15, -0.1) is 0 Å². The molecule has 7 heteroatoms. The maximum absolute atomic E-state index is 12.0. The van der Waals surface area contributed by atoms with Crippen molar-refractivity contribution in [1.82, 2.24) is 14.9 Å². The average molecular weight is 310 g/mol. The number of amides is 1. The second-order valence-corrected chi connectivity index (χ2v) is 6.76. The largest absolute Gasteiger partial charge is 0.444 e.